The summed E-state index contributed by atoms with van der Waals surface area (Å²) in [6, 6.07) is 12.3. The first-order chi connectivity index (χ1) is 10.0. The number of aryl methyl sites for hydroxylation is 2. The minimum Gasteiger partial charge on any atom is -0.263 e. The quantitative estimate of drug-likeness (QED) is 0.890. The summed E-state index contributed by atoms with van der Waals surface area (Å²) in [5.41, 5.74) is 2.00. The van der Waals surface area contributed by atoms with Gasteiger partial charge in [0.15, 0.2) is 0 Å². The van der Waals surface area contributed by atoms with Crippen LogP contribution >= 0.6 is 0 Å². The zero-order valence-electron chi connectivity index (χ0n) is 12.3. The molecule has 0 radical (unpaired) electrons. The van der Waals surface area contributed by atoms with E-state index in [2.05, 4.69) is 16.6 Å². The summed E-state index contributed by atoms with van der Waals surface area (Å²) in [6.45, 7) is 4.08. The molecule has 0 saturated heterocycles. The molecule has 0 spiro atoms. The molecular weight excluding hydrogens is 284 g/mol. The fourth-order valence-electron chi connectivity index (χ4n) is 2.05. The van der Waals surface area contributed by atoms with Crippen LogP contribution in [0.1, 0.15) is 31.5 Å². The average molecular weight is 304 g/mol. The van der Waals surface area contributed by atoms with Crippen molar-refractivity contribution in [2.24, 2.45) is 0 Å². The second-order valence-corrected chi connectivity index (χ2v) is 6.55. The number of anilines is 1. The lowest BCUT2D eigenvalue weighted by molar-refractivity contribution is 0.601. The summed E-state index contributed by atoms with van der Waals surface area (Å²) in [5.74, 6) is 0.354. The first-order valence-corrected chi connectivity index (χ1v) is 8.61. The smallest absolute Gasteiger partial charge is 0.263 e. The molecule has 21 heavy (non-hydrogen) atoms. The Hall–Kier alpha value is -1.88. The highest BCUT2D eigenvalue weighted by Gasteiger charge is 2.14. The fourth-order valence-corrected chi connectivity index (χ4v) is 3.06. The summed E-state index contributed by atoms with van der Waals surface area (Å²) in [5, 5.41) is 0. The predicted molar refractivity (Wildman–Crippen MR) is 84.9 cm³/mol. The molecule has 0 fully saturated rings. The third-order valence-corrected chi connectivity index (χ3v) is 4.55. The molecule has 1 aromatic carbocycles. The van der Waals surface area contributed by atoms with Gasteiger partial charge in [0.2, 0.25) is 0 Å². The summed E-state index contributed by atoms with van der Waals surface area (Å²) >= 11 is 0. The van der Waals surface area contributed by atoms with Gasteiger partial charge in [0.25, 0.3) is 10.0 Å². The minimum atomic E-state index is -3.58. The predicted octanol–water partition coefficient (Wildman–Crippen LogP) is 3.40. The van der Waals surface area contributed by atoms with Gasteiger partial charge in [-0.15, -0.1) is 0 Å². The highest BCUT2D eigenvalue weighted by molar-refractivity contribution is 7.92. The van der Waals surface area contributed by atoms with E-state index in [1.165, 1.54) is 0 Å². The molecule has 1 aromatic heterocycles. The van der Waals surface area contributed by atoms with E-state index in [1.54, 1.807) is 24.3 Å². The fraction of sp³-hybridized carbons (Fsp3) is 0.312. The van der Waals surface area contributed by atoms with E-state index in [0.29, 0.717) is 5.82 Å². The van der Waals surface area contributed by atoms with E-state index in [0.717, 1.165) is 30.5 Å². The molecule has 0 amide bonds. The van der Waals surface area contributed by atoms with E-state index in [9.17, 15) is 8.42 Å². The molecular formula is C16H20N2O2S. The summed E-state index contributed by atoms with van der Waals surface area (Å²) < 4.78 is 27.2. The highest BCUT2D eigenvalue weighted by Crippen LogP contribution is 2.16. The summed E-state index contributed by atoms with van der Waals surface area (Å²) in [4.78, 5) is 4.51. The summed E-state index contributed by atoms with van der Waals surface area (Å²) in [7, 11) is -3.58. The number of nitrogens with zero attached hydrogens (tertiary/aromatic N) is 1. The lowest BCUT2D eigenvalue weighted by Gasteiger charge is -2.09. The molecule has 0 bridgehead atoms. The molecule has 0 atom stereocenters. The molecule has 0 aliphatic heterocycles. The van der Waals surface area contributed by atoms with Crippen molar-refractivity contribution in [2.45, 2.75) is 38.0 Å². The van der Waals surface area contributed by atoms with Crippen LogP contribution in [0.25, 0.3) is 0 Å². The van der Waals surface area contributed by atoms with Gasteiger partial charge in [0, 0.05) is 5.69 Å². The van der Waals surface area contributed by atoms with E-state index >= 15 is 0 Å². The number of pyridine rings is 1. The van der Waals surface area contributed by atoms with Crippen LogP contribution < -0.4 is 4.72 Å². The Labute approximate surface area is 126 Å². The molecule has 2 aromatic rings. The van der Waals surface area contributed by atoms with Crippen LogP contribution in [0, 0.1) is 0 Å². The maximum absolute atomic E-state index is 12.3. The summed E-state index contributed by atoms with van der Waals surface area (Å²) in [6.07, 6.45) is 2.76. The van der Waals surface area contributed by atoms with Gasteiger partial charge < -0.3 is 0 Å². The lowest BCUT2D eigenvalue weighted by Crippen LogP contribution is -2.14. The third-order valence-electron chi connectivity index (χ3n) is 3.18. The number of aromatic nitrogens is 1. The van der Waals surface area contributed by atoms with Gasteiger partial charge in [0.1, 0.15) is 5.82 Å². The first kappa shape index (κ1) is 15.5. The normalized spacial score (nSPS) is 11.3. The number of nitrogens with one attached hydrogen (secondary N) is 1. The van der Waals surface area contributed by atoms with Crippen LogP contribution in [-0.4, -0.2) is 13.4 Å². The number of hydrogen-bond donors (Lipinski definition) is 1. The molecule has 0 aliphatic carbocycles. The molecule has 4 nitrogen and oxygen atoms in total. The Morgan fingerprint density at radius 2 is 1.76 bits per heavy atom. The largest absolute Gasteiger partial charge is 0.263 e. The van der Waals surface area contributed by atoms with Gasteiger partial charge in [-0.2, -0.15) is 0 Å². The third kappa shape index (κ3) is 4.04. The lowest BCUT2D eigenvalue weighted by atomic mass is 10.1. The van der Waals surface area contributed by atoms with Crippen LogP contribution in [0.3, 0.4) is 0 Å². The van der Waals surface area contributed by atoms with Crippen LogP contribution in [0.2, 0.25) is 0 Å². The second-order valence-electron chi connectivity index (χ2n) is 4.87. The molecule has 0 saturated carbocycles. The van der Waals surface area contributed by atoms with Crippen molar-refractivity contribution in [3.8, 4) is 0 Å². The van der Waals surface area contributed by atoms with Crippen molar-refractivity contribution in [1.29, 1.82) is 0 Å². The van der Waals surface area contributed by atoms with Crippen LogP contribution in [-0.2, 0) is 22.9 Å². The molecule has 0 unspecified atom stereocenters. The maximum Gasteiger partial charge on any atom is 0.263 e. The van der Waals surface area contributed by atoms with E-state index in [4.69, 9.17) is 0 Å². The molecule has 5 heteroatoms. The van der Waals surface area contributed by atoms with E-state index in [1.807, 2.05) is 25.1 Å². The van der Waals surface area contributed by atoms with Crippen molar-refractivity contribution >= 4 is 15.8 Å². The Kier molecular flexibility index (Phi) is 4.96. The Morgan fingerprint density at radius 3 is 2.38 bits per heavy atom. The van der Waals surface area contributed by atoms with Crippen molar-refractivity contribution in [1.82, 2.24) is 4.98 Å². The second kappa shape index (κ2) is 6.72. The number of hydrogen-bond acceptors (Lipinski definition) is 3. The van der Waals surface area contributed by atoms with Gasteiger partial charge in [-0.3, -0.25) is 4.72 Å². The van der Waals surface area contributed by atoms with Gasteiger partial charge in [-0.05, 0) is 42.7 Å². The van der Waals surface area contributed by atoms with Crippen LogP contribution in [0.15, 0.2) is 47.4 Å². The number of rotatable bonds is 6. The van der Waals surface area contributed by atoms with E-state index < -0.39 is 10.0 Å². The minimum absolute atomic E-state index is 0.256. The SMILES string of the molecule is CCCc1ccc(S(=O)(=O)Nc2cccc(CC)n2)cc1. The number of sulfonamides is 1. The van der Waals surface area contributed by atoms with Gasteiger partial charge in [-0.25, -0.2) is 13.4 Å². The Morgan fingerprint density at radius 1 is 1.05 bits per heavy atom. The standard InChI is InChI=1S/C16H20N2O2S/c1-3-6-13-9-11-15(12-10-13)21(19,20)18-16-8-5-7-14(4-2)17-16/h5,7-12H,3-4,6H2,1-2H3,(H,17,18). The van der Waals surface area contributed by atoms with Crippen molar-refractivity contribution in [3.05, 3.63) is 53.7 Å². The van der Waals surface area contributed by atoms with Gasteiger partial charge in [-0.1, -0.05) is 38.5 Å². The van der Waals surface area contributed by atoms with Crippen molar-refractivity contribution in [2.75, 3.05) is 4.72 Å². The zero-order valence-corrected chi connectivity index (χ0v) is 13.2. The van der Waals surface area contributed by atoms with Crippen LogP contribution in [0.5, 0.6) is 0 Å². The topological polar surface area (TPSA) is 59.1 Å². The number of benzene rings is 1. The molecule has 1 heterocycles. The van der Waals surface area contributed by atoms with Crippen molar-refractivity contribution < 1.29 is 8.42 Å². The highest BCUT2D eigenvalue weighted by atomic mass is 32.2. The van der Waals surface area contributed by atoms with Crippen molar-refractivity contribution in [3.63, 3.8) is 0 Å². The maximum atomic E-state index is 12.3. The Bertz CT molecular complexity index is 694. The van der Waals surface area contributed by atoms with E-state index in [-0.39, 0.29) is 4.90 Å². The first-order valence-electron chi connectivity index (χ1n) is 7.13. The Balaban J connectivity index is 2.21. The monoisotopic (exact) mass is 304 g/mol. The molecule has 2 rings (SSSR count). The average Bonchev–Trinajstić information content (AvgIpc) is 2.48. The van der Waals surface area contributed by atoms with Gasteiger partial charge in [0.05, 0.1) is 4.90 Å². The molecule has 1 N–H and O–H groups in total. The zero-order chi connectivity index (χ0) is 15.3. The van der Waals surface area contributed by atoms with Gasteiger partial charge >= 0.3 is 0 Å². The molecule has 0 aliphatic rings. The van der Waals surface area contributed by atoms with Crippen LogP contribution in [0.4, 0.5) is 5.82 Å². The molecule has 112 valence electrons.